The molecule has 1 aliphatic rings. The zero-order chi connectivity index (χ0) is 17.8. The van der Waals surface area contributed by atoms with E-state index in [9.17, 15) is 4.79 Å². The summed E-state index contributed by atoms with van der Waals surface area (Å²) in [4.78, 5) is 11.1. The van der Waals surface area contributed by atoms with Crippen LogP contribution in [0.2, 0.25) is 0 Å². The first-order valence-electron chi connectivity index (χ1n) is 9.26. The smallest absolute Gasteiger partial charge is 0.303 e. The van der Waals surface area contributed by atoms with Crippen molar-refractivity contribution in [2.75, 3.05) is 6.54 Å². The van der Waals surface area contributed by atoms with Gasteiger partial charge in [0, 0.05) is 6.42 Å². The molecule has 25 heavy (non-hydrogen) atoms. The van der Waals surface area contributed by atoms with Crippen LogP contribution in [-0.2, 0) is 11.2 Å². The van der Waals surface area contributed by atoms with Gasteiger partial charge in [0.2, 0.25) is 0 Å². The number of carboxylic acids is 1. The van der Waals surface area contributed by atoms with E-state index in [1.807, 2.05) is 0 Å². The third-order valence-corrected chi connectivity index (χ3v) is 5.38. The molecule has 1 aliphatic carbocycles. The predicted molar refractivity (Wildman–Crippen MR) is 102 cm³/mol. The van der Waals surface area contributed by atoms with Crippen molar-refractivity contribution in [2.24, 2.45) is 11.7 Å². The topological polar surface area (TPSA) is 63.3 Å². The summed E-state index contributed by atoms with van der Waals surface area (Å²) in [5.41, 5.74) is 12.8. The van der Waals surface area contributed by atoms with E-state index in [0.717, 1.165) is 25.7 Å². The molecule has 3 rings (SSSR count). The number of fused-ring (bicyclic) bond motifs is 3. The van der Waals surface area contributed by atoms with Crippen molar-refractivity contribution in [2.45, 2.75) is 44.9 Å². The van der Waals surface area contributed by atoms with E-state index in [4.69, 9.17) is 10.8 Å². The van der Waals surface area contributed by atoms with Gasteiger partial charge in [-0.05, 0) is 65.5 Å². The number of aliphatic carboxylic acids is 1. The van der Waals surface area contributed by atoms with Crippen molar-refractivity contribution >= 4 is 5.97 Å². The van der Waals surface area contributed by atoms with Crippen molar-refractivity contribution in [1.82, 2.24) is 0 Å². The summed E-state index contributed by atoms with van der Waals surface area (Å²) in [6.07, 6.45) is 4.15. The zero-order valence-corrected chi connectivity index (χ0v) is 14.9. The monoisotopic (exact) mass is 337 g/mol. The highest BCUT2D eigenvalue weighted by Crippen LogP contribution is 2.42. The summed E-state index contributed by atoms with van der Waals surface area (Å²) in [6, 6.07) is 15.2. The highest BCUT2D eigenvalue weighted by Gasteiger charge is 2.26. The Morgan fingerprint density at radius 1 is 1.16 bits per heavy atom. The van der Waals surface area contributed by atoms with E-state index >= 15 is 0 Å². The van der Waals surface area contributed by atoms with Gasteiger partial charge >= 0.3 is 5.97 Å². The first kappa shape index (κ1) is 17.7. The van der Waals surface area contributed by atoms with Crippen LogP contribution in [0.3, 0.4) is 0 Å². The summed E-state index contributed by atoms with van der Waals surface area (Å²) in [7, 11) is 0. The number of nitrogens with two attached hydrogens (primary N) is 1. The highest BCUT2D eigenvalue weighted by molar-refractivity contribution is 5.78. The van der Waals surface area contributed by atoms with Gasteiger partial charge in [0.1, 0.15) is 0 Å². The number of carbonyl (C=O) groups is 1. The molecular formula is C22H27NO2. The molecule has 1 unspecified atom stereocenters. The maximum atomic E-state index is 11.1. The van der Waals surface area contributed by atoms with E-state index in [0.29, 0.717) is 12.5 Å². The number of hydrogen-bond acceptors (Lipinski definition) is 2. The van der Waals surface area contributed by atoms with Gasteiger partial charge in [0.15, 0.2) is 0 Å². The lowest BCUT2D eigenvalue weighted by atomic mass is 9.81. The Labute approximate surface area is 149 Å². The Bertz CT molecular complexity index is 753. The molecule has 3 nitrogen and oxygen atoms in total. The maximum Gasteiger partial charge on any atom is 0.303 e. The van der Waals surface area contributed by atoms with E-state index in [2.05, 4.69) is 49.4 Å². The lowest BCUT2D eigenvalue weighted by molar-refractivity contribution is -0.138. The minimum absolute atomic E-state index is 0.0358. The van der Waals surface area contributed by atoms with Crippen LogP contribution < -0.4 is 5.73 Å². The van der Waals surface area contributed by atoms with Gasteiger partial charge in [-0.25, -0.2) is 0 Å². The fourth-order valence-electron chi connectivity index (χ4n) is 4.23. The van der Waals surface area contributed by atoms with Crippen molar-refractivity contribution in [3.63, 3.8) is 0 Å². The van der Waals surface area contributed by atoms with Crippen LogP contribution in [0.15, 0.2) is 42.5 Å². The minimum atomic E-state index is -0.753. The standard InChI is InChI=1S/C22H27NO2/c1-2-6-16(11-15(14-23)12-22(24)25)19-9-5-10-20-18-8-4-3-7-17(18)13-21(19)20/h3-5,7-10,15-16H,2,6,11-14,23H2,1H3,(H,24,25)/t15-,16?/m0/s1. The van der Waals surface area contributed by atoms with Crippen LogP contribution >= 0.6 is 0 Å². The molecule has 0 aromatic heterocycles. The second-order valence-electron chi connectivity index (χ2n) is 7.13. The molecule has 3 heteroatoms. The SMILES string of the molecule is CCCC(C[C@H](CN)CC(=O)O)c1cccc2c1Cc1ccccc1-2. The van der Waals surface area contributed by atoms with Gasteiger partial charge in [0.25, 0.3) is 0 Å². The van der Waals surface area contributed by atoms with Crippen molar-refractivity contribution in [3.05, 3.63) is 59.2 Å². The average molecular weight is 337 g/mol. The molecular weight excluding hydrogens is 310 g/mol. The second kappa shape index (κ2) is 7.83. The summed E-state index contributed by atoms with van der Waals surface area (Å²) < 4.78 is 0. The Morgan fingerprint density at radius 2 is 1.92 bits per heavy atom. The number of benzene rings is 2. The Morgan fingerprint density at radius 3 is 2.64 bits per heavy atom. The minimum Gasteiger partial charge on any atom is -0.481 e. The van der Waals surface area contributed by atoms with Gasteiger partial charge in [-0.1, -0.05) is 55.8 Å². The fraction of sp³-hybridized carbons (Fsp3) is 0.409. The fourth-order valence-corrected chi connectivity index (χ4v) is 4.23. The Hall–Kier alpha value is -2.13. The van der Waals surface area contributed by atoms with Gasteiger partial charge in [-0.2, -0.15) is 0 Å². The summed E-state index contributed by atoms with van der Waals surface area (Å²) >= 11 is 0. The molecule has 0 amide bonds. The van der Waals surface area contributed by atoms with E-state index < -0.39 is 5.97 Å². The molecule has 132 valence electrons. The Kier molecular flexibility index (Phi) is 5.54. The summed E-state index contributed by atoms with van der Waals surface area (Å²) in [6.45, 7) is 2.63. The first-order valence-corrected chi connectivity index (χ1v) is 9.26. The molecule has 2 atom stereocenters. The van der Waals surface area contributed by atoms with Gasteiger partial charge in [-0.3, -0.25) is 4.79 Å². The van der Waals surface area contributed by atoms with Crippen molar-refractivity contribution in [3.8, 4) is 11.1 Å². The van der Waals surface area contributed by atoms with E-state index in [-0.39, 0.29) is 12.3 Å². The largest absolute Gasteiger partial charge is 0.481 e. The zero-order valence-electron chi connectivity index (χ0n) is 14.9. The average Bonchev–Trinajstić information content (AvgIpc) is 2.99. The third-order valence-electron chi connectivity index (χ3n) is 5.38. The summed E-state index contributed by atoms with van der Waals surface area (Å²) in [5, 5.41) is 9.15. The molecule has 0 aliphatic heterocycles. The normalized spacial score (nSPS) is 14.6. The lowest BCUT2D eigenvalue weighted by Gasteiger charge is -2.24. The molecule has 0 saturated heterocycles. The van der Waals surface area contributed by atoms with Crippen LogP contribution in [0.5, 0.6) is 0 Å². The van der Waals surface area contributed by atoms with Crippen LogP contribution in [0.25, 0.3) is 11.1 Å². The molecule has 2 aromatic rings. The van der Waals surface area contributed by atoms with E-state index in [1.54, 1.807) is 0 Å². The van der Waals surface area contributed by atoms with Gasteiger partial charge in [-0.15, -0.1) is 0 Å². The highest BCUT2D eigenvalue weighted by atomic mass is 16.4. The Balaban J connectivity index is 1.92. The second-order valence-corrected chi connectivity index (χ2v) is 7.13. The first-order chi connectivity index (χ1) is 12.1. The molecule has 0 heterocycles. The summed E-state index contributed by atoms with van der Waals surface area (Å²) in [5.74, 6) is -0.341. The molecule has 0 bridgehead atoms. The number of carboxylic acid groups (broad SMARTS) is 1. The van der Waals surface area contributed by atoms with Crippen LogP contribution in [-0.4, -0.2) is 17.6 Å². The van der Waals surface area contributed by atoms with Gasteiger partial charge < -0.3 is 10.8 Å². The molecule has 2 aromatic carbocycles. The van der Waals surface area contributed by atoms with Gasteiger partial charge in [0.05, 0.1) is 0 Å². The van der Waals surface area contributed by atoms with Crippen molar-refractivity contribution in [1.29, 1.82) is 0 Å². The molecule has 0 saturated carbocycles. The van der Waals surface area contributed by atoms with Crippen LogP contribution in [0.4, 0.5) is 0 Å². The quantitative estimate of drug-likeness (QED) is 0.632. The molecule has 0 radical (unpaired) electrons. The van der Waals surface area contributed by atoms with Crippen molar-refractivity contribution < 1.29 is 9.90 Å². The molecule has 3 N–H and O–H groups in total. The van der Waals surface area contributed by atoms with E-state index in [1.165, 1.54) is 27.8 Å². The molecule has 0 spiro atoms. The number of rotatable bonds is 8. The third kappa shape index (κ3) is 3.77. The maximum absolute atomic E-state index is 11.1. The number of hydrogen-bond donors (Lipinski definition) is 2. The predicted octanol–water partition coefficient (Wildman–Crippen LogP) is 4.58. The van der Waals surface area contributed by atoms with Crippen LogP contribution in [0.1, 0.15) is 55.2 Å². The lowest BCUT2D eigenvalue weighted by Crippen LogP contribution is -2.21. The molecule has 0 fully saturated rings. The van der Waals surface area contributed by atoms with Crippen LogP contribution in [0, 0.1) is 5.92 Å².